The number of aliphatic hydroxyl groups is 1. The van der Waals surface area contributed by atoms with Crippen LogP contribution in [0.1, 0.15) is 11.3 Å². The number of aromatic nitrogens is 3. The Hall–Kier alpha value is -1.92. The maximum absolute atomic E-state index is 9.85. The van der Waals surface area contributed by atoms with Crippen molar-refractivity contribution in [3.8, 4) is 5.75 Å². The first-order valence-corrected chi connectivity index (χ1v) is 6.57. The predicted octanol–water partition coefficient (Wildman–Crippen LogP) is 0.653. The minimum atomic E-state index is -0.559. The molecule has 1 aromatic carbocycles. The number of nitrogens with zero attached hydrogens (tertiary/aromatic N) is 3. The molecule has 108 valence electrons. The summed E-state index contributed by atoms with van der Waals surface area (Å²) in [5.41, 5.74) is 2.11. The average Bonchev–Trinajstić information content (AvgIpc) is 2.82. The fourth-order valence-corrected chi connectivity index (χ4v) is 1.79. The van der Waals surface area contributed by atoms with E-state index in [1.165, 1.54) is 0 Å². The van der Waals surface area contributed by atoms with E-state index >= 15 is 0 Å². The van der Waals surface area contributed by atoms with Gasteiger partial charge in [-0.1, -0.05) is 17.3 Å². The third-order valence-corrected chi connectivity index (χ3v) is 2.93. The zero-order chi connectivity index (χ0) is 14.4. The summed E-state index contributed by atoms with van der Waals surface area (Å²) in [6.45, 7) is 3.34. The molecule has 2 N–H and O–H groups in total. The molecule has 0 aliphatic carbocycles. The molecule has 0 saturated carbocycles. The van der Waals surface area contributed by atoms with Crippen molar-refractivity contribution in [2.24, 2.45) is 7.05 Å². The van der Waals surface area contributed by atoms with Crippen molar-refractivity contribution in [2.75, 3.05) is 13.2 Å². The Labute approximate surface area is 118 Å². The average molecular weight is 276 g/mol. The second-order valence-corrected chi connectivity index (χ2v) is 4.76. The zero-order valence-electron chi connectivity index (χ0n) is 11.8. The molecule has 0 radical (unpaired) electrons. The summed E-state index contributed by atoms with van der Waals surface area (Å²) in [5, 5.41) is 20.6. The Bertz CT molecular complexity index is 541. The van der Waals surface area contributed by atoms with Gasteiger partial charge in [-0.25, -0.2) is 0 Å². The van der Waals surface area contributed by atoms with Gasteiger partial charge in [-0.2, -0.15) is 0 Å². The van der Waals surface area contributed by atoms with Crippen LogP contribution in [-0.4, -0.2) is 39.4 Å². The van der Waals surface area contributed by atoms with E-state index in [4.69, 9.17) is 4.74 Å². The van der Waals surface area contributed by atoms with Crippen molar-refractivity contribution in [1.29, 1.82) is 0 Å². The molecule has 0 bridgehead atoms. The van der Waals surface area contributed by atoms with E-state index in [1.54, 1.807) is 10.9 Å². The van der Waals surface area contributed by atoms with Crippen LogP contribution in [0.15, 0.2) is 30.5 Å². The SMILES string of the molecule is Cc1cccc(OCC(O)CNCc2cnnn2C)c1. The van der Waals surface area contributed by atoms with Crippen LogP contribution in [0.25, 0.3) is 0 Å². The topological polar surface area (TPSA) is 72.2 Å². The fraction of sp³-hybridized carbons (Fsp3) is 0.429. The molecule has 0 aliphatic rings. The highest BCUT2D eigenvalue weighted by Gasteiger charge is 2.06. The van der Waals surface area contributed by atoms with Gasteiger partial charge in [-0.05, 0) is 24.6 Å². The molecule has 1 unspecified atom stereocenters. The molecule has 0 aliphatic heterocycles. The number of aryl methyl sites for hydroxylation is 2. The van der Waals surface area contributed by atoms with Gasteiger partial charge < -0.3 is 15.2 Å². The molecular formula is C14H20N4O2. The largest absolute Gasteiger partial charge is 0.491 e. The lowest BCUT2D eigenvalue weighted by molar-refractivity contribution is 0.106. The lowest BCUT2D eigenvalue weighted by Gasteiger charge is -2.13. The third-order valence-electron chi connectivity index (χ3n) is 2.93. The molecule has 0 spiro atoms. The van der Waals surface area contributed by atoms with E-state index in [1.807, 2.05) is 38.2 Å². The lowest BCUT2D eigenvalue weighted by Crippen LogP contribution is -2.31. The quantitative estimate of drug-likeness (QED) is 0.777. The Morgan fingerprint density at radius 1 is 1.45 bits per heavy atom. The maximum Gasteiger partial charge on any atom is 0.119 e. The van der Waals surface area contributed by atoms with Crippen LogP contribution in [-0.2, 0) is 13.6 Å². The second-order valence-electron chi connectivity index (χ2n) is 4.76. The van der Waals surface area contributed by atoms with Crippen molar-refractivity contribution in [1.82, 2.24) is 20.3 Å². The fourth-order valence-electron chi connectivity index (χ4n) is 1.79. The van der Waals surface area contributed by atoms with Crippen LogP contribution in [0, 0.1) is 6.92 Å². The number of aliphatic hydroxyl groups excluding tert-OH is 1. The van der Waals surface area contributed by atoms with Gasteiger partial charge in [0.2, 0.25) is 0 Å². The van der Waals surface area contributed by atoms with E-state index in [0.717, 1.165) is 17.0 Å². The van der Waals surface area contributed by atoms with Gasteiger partial charge in [0.25, 0.3) is 0 Å². The standard InChI is InChI=1S/C14H20N4O2/c1-11-4-3-5-14(6-11)20-10-13(19)9-15-7-12-8-16-17-18(12)2/h3-6,8,13,15,19H,7,9-10H2,1-2H3. The van der Waals surface area contributed by atoms with E-state index < -0.39 is 6.10 Å². The van der Waals surface area contributed by atoms with Crippen molar-refractivity contribution in [2.45, 2.75) is 19.6 Å². The van der Waals surface area contributed by atoms with Crippen molar-refractivity contribution in [3.05, 3.63) is 41.7 Å². The minimum Gasteiger partial charge on any atom is -0.491 e. The Kier molecular flexibility index (Phi) is 5.09. The summed E-state index contributed by atoms with van der Waals surface area (Å²) in [5.74, 6) is 0.778. The highest BCUT2D eigenvalue weighted by atomic mass is 16.5. The second kappa shape index (κ2) is 7.02. The monoisotopic (exact) mass is 276 g/mol. The number of rotatable bonds is 7. The number of ether oxygens (including phenoxy) is 1. The number of hydrogen-bond acceptors (Lipinski definition) is 5. The van der Waals surface area contributed by atoms with E-state index in [9.17, 15) is 5.11 Å². The van der Waals surface area contributed by atoms with Crippen molar-refractivity contribution >= 4 is 0 Å². The van der Waals surface area contributed by atoms with Gasteiger partial charge >= 0.3 is 0 Å². The first-order chi connectivity index (χ1) is 9.65. The van der Waals surface area contributed by atoms with Crippen LogP contribution >= 0.6 is 0 Å². The molecule has 1 aromatic heterocycles. The van der Waals surface area contributed by atoms with Crippen molar-refractivity contribution < 1.29 is 9.84 Å². The summed E-state index contributed by atoms with van der Waals surface area (Å²) in [7, 11) is 1.83. The highest BCUT2D eigenvalue weighted by Crippen LogP contribution is 2.12. The number of hydrogen-bond donors (Lipinski definition) is 2. The van der Waals surface area contributed by atoms with Crippen LogP contribution in [0.3, 0.4) is 0 Å². The molecule has 20 heavy (non-hydrogen) atoms. The summed E-state index contributed by atoms with van der Waals surface area (Å²) in [6.07, 6.45) is 1.14. The van der Waals surface area contributed by atoms with Crippen LogP contribution in [0.4, 0.5) is 0 Å². The summed E-state index contributed by atoms with van der Waals surface area (Å²) < 4.78 is 7.24. The minimum absolute atomic E-state index is 0.264. The molecule has 6 heteroatoms. The van der Waals surface area contributed by atoms with Gasteiger partial charge in [-0.15, -0.1) is 5.10 Å². The lowest BCUT2D eigenvalue weighted by atomic mass is 10.2. The molecular weight excluding hydrogens is 256 g/mol. The first-order valence-electron chi connectivity index (χ1n) is 6.57. The van der Waals surface area contributed by atoms with Crippen LogP contribution in [0.2, 0.25) is 0 Å². The van der Waals surface area contributed by atoms with E-state index in [0.29, 0.717) is 13.1 Å². The summed E-state index contributed by atoms with van der Waals surface area (Å²) in [6, 6.07) is 7.77. The van der Waals surface area contributed by atoms with E-state index in [-0.39, 0.29) is 6.61 Å². The number of benzene rings is 1. The zero-order valence-corrected chi connectivity index (χ0v) is 11.8. The van der Waals surface area contributed by atoms with Gasteiger partial charge in [0.1, 0.15) is 18.5 Å². The Balaban J connectivity index is 1.68. The summed E-state index contributed by atoms with van der Waals surface area (Å²) >= 11 is 0. The van der Waals surface area contributed by atoms with Crippen LogP contribution < -0.4 is 10.1 Å². The predicted molar refractivity (Wildman–Crippen MR) is 75.4 cm³/mol. The third kappa shape index (κ3) is 4.32. The molecule has 1 heterocycles. The molecule has 2 aromatic rings. The van der Waals surface area contributed by atoms with Crippen molar-refractivity contribution in [3.63, 3.8) is 0 Å². The normalized spacial score (nSPS) is 12.3. The highest BCUT2D eigenvalue weighted by molar-refractivity contribution is 5.27. The van der Waals surface area contributed by atoms with Gasteiger partial charge in [0, 0.05) is 20.1 Å². The molecule has 1 atom stereocenters. The first kappa shape index (κ1) is 14.5. The van der Waals surface area contributed by atoms with E-state index in [2.05, 4.69) is 15.6 Å². The van der Waals surface area contributed by atoms with Gasteiger partial charge in [-0.3, -0.25) is 4.68 Å². The maximum atomic E-state index is 9.85. The molecule has 0 amide bonds. The summed E-state index contributed by atoms with van der Waals surface area (Å²) in [4.78, 5) is 0. The molecule has 6 nitrogen and oxygen atoms in total. The smallest absolute Gasteiger partial charge is 0.119 e. The Morgan fingerprint density at radius 3 is 3.00 bits per heavy atom. The Morgan fingerprint density at radius 2 is 2.30 bits per heavy atom. The number of nitrogens with one attached hydrogen (secondary N) is 1. The van der Waals surface area contributed by atoms with Gasteiger partial charge in [0.15, 0.2) is 0 Å². The molecule has 0 saturated heterocycles. The van der Waals surface area contributed by atoms with Gasteiger partial charge in [0.05, 0.1) is 11.9 Å². The molecule has 0 fully saturated rings. The molecule has 2 rings (SSSR count). The van der Waals surface area contributed by atoms with Crippen LogP contribution in [0.5, 0.6) is 5.75 Å².